The highest BCUT2D eigenvalue weighted by Crippen LogP contribution is 2.51. The Hall–Kier alpha value is -2.19. The third-order valence-electron chi connectivity index (χ3n) is 5.37. The SMILES string of the molecule is Nc1nc(NC2CCCCC2)c2ncn(/C=C3/CC3(CO)CO)c2n1. The zero-order valence-corrected chi connectivity index (χ0v) is 14.1. The van der Waals surface area contributed by atoms with Crippen molar-refractivity contribution in [1.82, 2.24) is 19.5 Å². The third-order valence-corrected chi connectivity index (χ3v) is 5.37. The standard InChI is InChI=1S/C17H24N6O2/c18-16-21-14(20-12-4-2-1-3-5-12)13-15(22-16)23(10-19-13)7-11-6-17(11,8-24)9-25/h7,10,12,24-25H,1-6,8-9H2,(H3,18,20,21,22)/b11-7-. The quantitative estimate of drug-likeness (QED) is 0.646. The van der Waals surface area contributed by atoms with Crippen LogP contribution in [0.5, 0.6) is 0 Å². The second-order valence-electron chi connectivity index (χ2n) is 7.16. The first-order valence-corrected chi connectivity index (χ1v) is 8.85. The van der Waals surface area contributed by atoms with Crippen LogP contribution in [-0.2, 0) is 0 Å². The molecule has 0 saturated heterocycles. The number of imidazole rings is 1. The van der Waals surface area contributed by atoms with Crippen molar-refractivity contribution in [2.24, 2.45) is 5.41 Å². The van der Waals surface area contributed by atoms with Crippen LogP contribution in [0.1, 0.15) is 38.5 Å². The summed E-state index contributed by atoms with van der Waals surface area (Å²) in [6.45, 7) is -0.124. The van der Waals surface area contributed by atoms with Gasteiger partial charge in [-0.05, 0) is 24.8 Å². The van der Waals surface area contributed by atoms with E-state index in [-0.39, 0.29) is 19.2 Å². The van der Waals surface area contributed by atoms with E-state index in [2.05, 4.69) is 20.3 Å². The topological polar surface area (TPSA) is 122 Å². The fourth-order valence-electron chi connectivity index (χ4n) is 3.60. The Labute approximate surface area is 145 Å². The van der Waals surface area contributed by atoms with Crippen LogP contribution in [0.25, 0.3) is 17.4 Å². The van der Waals surface area contributed by atoms with Gasteiger partial charge in [0, 0.05) is 17.7 Å². The van der Waals surface area contributed by atoms with Crippen LogP contribution in [0.2, 0.25) is 0 Å². The summed E-state index contributed by atoms with van der Waals surface area (Å²) in [5.41, 5.74) is 7.71. The largest absolute Gasteiger partial charge is 0.395 e. The number of anilines is 2. The van der Waals surface area contributed by atoms with Gasteiger partial charge >= 0.3 is 0 Å². The molecule has 0 atom stereocenters. The number of nitrogens with two attached hydrogens (primary N) is 1. The van der Waals surface area contributed by atoms with E-state index in [1.165, 1.54) is 19.3 Å². The molecule has 4 rings (SSSR count). The molecule has 0 unspecified atom stereocenters. The molecule has 0 spiro atoms. The first-order valence-electron chi connectivity index (χ1n) is 8.85. The molecule has 0 radical (unpaired) electrons. The van der Waals surface area contributed by atoms with Crippen molar-refractivity contribution < 1.29 is 10.2 Å². The number of hydrogen-bond donors (Lipinski definition) is 4. The van der Waals surface area contributed by atoms with E-state index in [0.717, 1.165) is 18.4 Å². The van der Waals surface area contributed by atoms with Gasteiger partial charge in [0.25, 0.3) is 0 Å². The molecule has 8 nitrogen and oxygen atoms in total. The van der Waals surface area contributed by atoms with Crippen molar-refractivity contribution in [3.8, 4) is 0 Å². The average molecular weight is 344 g/mol. The zero-order valence-electron chi connectivity index (χ0n) is 14.1. The van der Waals surface area contributed by atoms with Gasteiger partial charge in [-0.1, -0.05) is 19.3 Å². The van der Waals surface area contributed by atoms with Crippen LogP contribution in [0, 0.1) is 5.41 Å². The third kappa shape index (κ3) is 2.96. The Kier molecular flexibility index (Phi) is 4.09. The molecule has 5 N–H and O–H groups in total. The van der Waals surface area contributed by atoms with Crippen molar-refractivity contribution in [3.05, 3.63) is 11.9 Å². The summed E-state index contributed by atoms with van der Waals surface area (Å²) in [7, 11) is 0. The first-order chi connectivity index (χ1) is 12.1. The maximum atomic E-state index is 9.46. The van der Waals surface area contributed by atoms with Gasteiger partial charge in [-0.25, -0.2) is 4.98 Å². The first kappa shape index (κ1) is 16.3. The maximum Gasteiger partial charge on any atom is 0.224 e. The van der Waals surface area contributed by atoms with Gasteiger partial charge in [0.05, 0.1) is 13.2 Å². The number of nitrogens with one attached hydrogen (secondary N) is 1. The minimum absolute atomic E-state index is 0.0619. The van der Waals surface area contributed by atoms with Crippen molar-refractivity contribution in [3.63, 3.8) is 0 Å². The van der Waals surface area contributed by atoms with Gasteiger partial charge in [-0.2, -0.15) is 9.97 Å². The van der Waals surface area contributed by atoms with Crippen LogP contribution < -0.4 is 11.1 Å². The zero-order chi connectivity index (χ0) is 17.4. The van der Waals surface area contributed by atoms with E-state index in [1.807, 2.05) is 6.20 Å². The van der Waals surface area contributed by atoms with Gasteiger partial charge in [0.2, 0.25) is 5.95 Å². The normalized spacial score (nSPS) is 21.8. The van der Waals surface area contributed by atoms with Crippen LogP contribution in [0.15, 0.2) is 11.9 Å². The molecule has 2 aromatic heterocycles. The van der Waals surface area contributed by atoms with E-state index >= 15 is 0 Å². The number of nitrogens with zero attached hydrogens (tertiary/aromatic N) is 4. The van der Waals surface area contributed by atoms with Gasteiger partial charge < -0.3 is 21.3 Å². The summed E-state index contributed by atoms with van der Waals surface area (Å²) in [4.78, 5) is 13.1. The molecule has 2 heterocycles. The lowest BCUT2D eigenvalue weighted by atomic mass is 9.95. The maximum absolute atomic E-state index is 9.46. The number of hydrogen-bond acceptors (Lipinski definition) is 7. The Bertz CT molecular complexity index is 805. The summed E-state index contributed by atoms with van der Waals surface area (Å²) >= 11 is 0. The van der Waals surface area contributed by atoms with Crippen molar-refractivity contribution in [1.29, 1.82) is 0 Å². The Morgan fingerprint density at radius 1 is 1.24 bits per heavy atom. The summed E-state index contributed by atoms with van der Waals surface area (Å²) in [5, 5.41) is 22.4. The Balaban J connectivity index is 1.66. The van der Waals surface area contributed by atoms with Crippen molar-refractivity contribution in [2.45, 2.75) is 44.6 Å². The summed E-state index contributed by atoms with van der Waals surface area (Å²) in [6.07, 6.45) is 10.2. The molecule has 0 bridgehead atoms. The fraction of sp³-hybridized carbons (Fsp3) is 0.588. The molecule has 134 valence electrons. The Morgan fingerprint density at radius 2 is 2.00 bits per heavy atom. The van der Waals surface area contributed by atoms with E-state index in [9.17, 15) is 10.2 Å². The molecule has 0 amide bonds. The number of nitrogen functional groups attached to an aromatic ring is 1. The molecule has 2 saturated carbocycles. The molecule has 2 aromatic rings. The summed E-state index contributed by atoms with van der Waals surface area (Å²) in [6, 6.07) is 0.398. The second-order valence-corrected chi connectivity index (χ2v) is 7.16. The lowest BCUT2D eigenvalue weighted by molar-refractivity contribution is 0.143. The molecular formula is C17H24N6O2. The highest BCUT2D eigenvalue weighted by Gasteiger charge is 2.48. The van der Waals surface area contributed by atoms with Gasteiger partial charge in [-0.15, -0.1) is 0 Å². The molecule has 0 aliphatic heterocycles. The molecule has 0 aromatic carbocycles. The van der Waals surface area contributed by atoms with Gasteiger partial charge in [0.15, 0.2) is 17.0 Å². The summed E-state index contributed by atoms with van der Waals surface area (Å²) < 4.78 is 1.79. The van der Waals surface area contributed by atoms with Crippen molar-refractivity contribution >= 4 is 29.1 Å². The Morgan fingerprint density at radius 3 is 2.68 bits per heavy atom. The average Bonchev–Trinajstić information content (AvgIpc) is 3.19. The number of rotatable bonds is 5. The number of aliphatic hydroxyl groups is 2. The molecule has 2 aliphatic rings. The predicted octanol–water partition coefficient (Wildman–Crippen LogP) is 1.37. The minimum atomic E-state index is -0.502. The predicted molar refractivity (Wildman–Crippen MR) is 95.7 cm³/mol. The molecular weight excluding hydrogens is 320 g/mol. The van der Waals surface area contributed by atoms with E-state index in [4.69, 9.17) is 5.73 Å². The lowest BCUT2D eigenvalue weighted by Crippen LogP contribution is -2.23. The van der Waals surface area contributed by atoms with Crippen LogP contribution in [0.3, 0.4) is 0 Å². The number of aromatic nitrogens is 4. The molecule has 8 heteroatoms. The molecule has 2 fully saturated rings. The highest BCUT2D eigenvalue weighted by molar-refractivity contribution is 5.85. The van der Waals surface area contributed by atoms with Crippen LogP contribution >= 0.6 is 0 Å². The smallest absolute Gasteiger partial charge is 0.224 e. The van der Waals surface area contributed by atoms with Crippen molar-refractivity contribution in [2.75, 3.05) is 24.3 Å². The van der Waals surface area contributed by atoms with E-state index in [1.54, 1.807) is 10.9 Å². The second kappa shape index (κ2) is 6.27. The lowest BCUT2D eigenvalue weighted by Gasteiger charge is -2.23. The fourth-order valence-corrected chi connectivity index (χ4v) is 3.60. The minimum Gasteiger partial charge on any atom is -0.395 e. The number of aliphatic hydroxyl groups excluding tert-OH is 2. The van der Waals surface area contributed by atoms with Gasteiger partial charge in [0.1, 0.15) is 6.33 Å². The van der Waals surface area contributed by atoms with Crippen LogP contribution in [-0.4, -0.2) is 49.0 Å². The monoisotopic (exact) mass is 344 g/mol. The van der Waals surface area contributed by atoms with E-state index in [0.29, 0.717) is 29.4 Å². The van der Waals surface area contributed by atoms with Crippen LogP contribution in [0.4, 0.5) is 11.8 Å². The number of fused-ring (bicyclic) bond motifs is 1. The molecule has 2 aliphatic carbocycles. The highest BCUT2D eigenvalue weighted by atomic mass is 16.3. The van der Waals surface area contributed by atoms with Gasteiger partial charge in [-0.3, -0.25) is 4.57 Å². The summed E-state index contributed by atoms with van der Waals surface area (Å²) in [5.74, 6) is 0.885. The van der Waals surface area contributed by atoms with E-state index < -0.39 is 5.41 Å². The molecule has 25 heavy (non-hydrogen) atoms.